The lowest BCUT2D eigenvalue weighted by Crippen LogP contribution is -2.41. The van der Waals surface area contributed by atoms with Gasteiger partial charge in [-0.05, 0) is 24.1 Å². The van der Waals surface area contributed by atoms with E-state index >= 15 is 0 Å². The van der Waals surface area contributed by atoms with Crippen LogP contribution in [-0.4, -0.2) is 44.3 Å². The summed E-state index contributed by atoms with van der Waals surface area (Å²) in [6.45, 7) is 1.37. The maximum Gasteiger partial charge on any atom is 0.271 e. The molecular weight excluding hydrogens is 433 g/mol. The third-order valence-electron chi connectivity index (χ3n) is 4.14. The standard InChI is InChI=1S/C19H22FN3O5S2/c1-14-7-8-16(23(25)26)11-18(14)22(30(2,27)28)12-19(24)21-9-10-29-13-15-5-3-4-6-17(15)20/h3-8,11H,9-10,12-13H2,1-2H3,(H,21,24). The molecule has 0 bridgehead atoms. The zero-order valence-electron chi connectivity index (χ0n) is 16.5. The summed E-state index contributed by atoms with van der Waals surface area (Å²) in [5, 5.41) is 13.6. The van der Waals surface area contributed by atoms with Gasteiger partial charge in [-0.25, -0.2) is 12.8 Å². The van der Waals surface area contributed by atoms with Gasteiger partial charge < -0.3 is 5.32 Å². The smallest absolute Gasteiger partial charge is 0.271 e. The molecule has 2 aromatic rings. The number of nitrogens with one attached hydrogen (secondary N) is 1. The first-order chi connectivity index (χ1) is 14.1. The Bertz CT molecular complexity index is 1030. The number of thioether (sulfide) groups is 1. The van der Waals surface area contributed by atoms with Crippen LogP contribution in [-0.2, 0) is 20.6 Å². The van der Waals surface area contributed by atoms with E-state index in [1.54, 1.807) is 25.1 Å². The Balaban J connectivity index is 1.96. The second-order valence-corrected chi connectivity index (χ2v) is 9.50. The van der Waals surface area contributed by atoms with Gasteiger partial charge in [-0.15, -0.1) is 0 Å². The number of anilines is 1. The van der Waals surface area contributed by atoms with E-state index in [1.807, 2.05) is 0 Å². The summed E-state index contributed by atoms with van der Waals surface area (Å²) in [5.74, 6) is 0.127. The van der Waals surface area contributed by atoms with Gasteiger partial charge >= 0.3 is 0 Å². The number of halogens is 1. The number of carbonyl (C=O) groups is 1. The number of nitrogens with zero attached hydrogens (tertiary/aromatic N) is 2. The first-order valence-corrected chi connectivity index (χ1v) is 11.9. The van der Waals surface area contributed by atoms with E-state index in [0.717, 1.165) is 16.6 Å². The number of sulfonamides is 1. The molecule has 0 aliphatic rings. The number of hydrogen-bond donors (Lipinski definition) is 1. The summed E-state index contributed by atoms with van der Waals surface area (Å²) in [6, 6.07) is 10.3. The van der Waals surface area contributed by atoms with Crippen molar-refractivity contribution in [3.8, 4) is 0 Å². The second kappa shape index (κ2) is 10.4. The molecule has 0 saturated carbocycles. The monoisotopic (exact) mass is 455 g/mol. The highest BCUT2D eigenvalue weighted by Crippen LogP contribution is 2.27. The molecule has 0 spiro atoms. The fourth-order valence-electron chi connectivity index (χ4n) is 2.61. The topological polar surface area (TPSA) is 110 Å². The molecule has 0 unspecified atom stereocenters. The molecule has 0 radical (unpaired) electrons. The van der Waals surface area contributed by atoms with E-state index in [4.69, 9.17) is 0 Å². The Labute approximate surface area is 178 Å². The van der Waals surface area contributed by atoms with Crippen LogP contribution >= 0.6 is 11.8 Å². The molecule has 0 saturated heterocycles. The minimum absolute atomic E-state index is 0.0794. The Kier molecular flexibility index (Phi) is 8.18. The van der Waals surface area contributed by atoms with E-state index in [9.17, 15) is 27.7 Å². The first-order valence-electron chi connectivity index (χ1n) is 8.90. The van der Waals surface area contributed by atoms with Crippen LogP contribution in [0.4, 0.5) is 15.8 Å². The zero-order valence-corrected chi connectivity index (χ0v) is 18.1. The third-order valence-corrected chi connectivity index (χ3v) is 6.28. The van der Waals surface area contributed by atoms with Crippen LogP contribution in [0, 0.1) is 22.9 Å². The summed E-state index contributed by atoms with van der Waals surface area (Å²) in [6.07, 6.45) is 0.933. The Morgan fingerprint density at radius 2 is 1.97 bits per heavy atom. The highest BCUT2D eigenvalue weighted by molar-refractivity contribution is 7.98. The SMILES string of the molecule is Cc1ccc([N+](=O)[O-])cc1N(CC(=O)NCCSCc1ccccc1F)S(C)(=O)=O. The molecule has 8 nitrogen and oxygen atoms in total. The van der Waals surface area contributed by atoms with Crippen molar-refractivity contribution in [1.82, 2.24) is 5.32 Å². The highest BCUT2D eigenvalue weighted by atomic mass is 32.2. The summed E-state index contributed by atoms with van der Waals surface area (Å²) in [4.78, 5) is 22.7. The van der Waals surface area contributed by atoms with Gasteiger partial charge in [0.25, 0.3) is 5.69 Å². The van der Waals surface area contributed by atoms with Crippen LogP contribution in [0.5, 0.6) is 0 Å². The third kappa shape index (κ3) is 6.70. The van der Waals surface area contributed by atoms with Crippen molar-refractivity contribution in [3.63, 3.8) is 0 Å². The first kappa shape index (κ1) is 23.6. The lowest BCUT2D eigenvalue weighted by atomic mass is 10.2. The average Bonchev–Trinajstić information content (AvgIpc) is 2.67. The summed E-state index contributed by atoms with van der Waals surface area (Å²) >= 11 is 1.43. The van der Waals surface area contributed by atoms with Crippen molar-refractivity contribution in [2.24, 2.45) is 0 Å². The quantitative estimate of drug-likeness (QED) is 0.335. The van der Waals surface area contributed by atoms with Crippen molar-refractivity contribution < 1.29 is 22.5 Å². The number of amides is 1. The van der Waals surface area contributed by atoms with Crippen LogP contribution in [0.15, 0.2) is 42.5 Å². The van der Waals surface area contributed by atoms with Gasteiger partial charge in [-0.2, -0.15) is 11.8 Å². The fraction of sp³-hybridized carbons (Fsp3) is 0.316. The van der Waals surface area contributed by atoms with Crippen molar-refractivity contribution in [1.29, 1.82) is 0 Å². The molecule has 0 aromatic heterocycles. The van der Waals surface area contributed by atoms with Crippen molar-refractivity contribution in [3.05, 3.63) is 69.5 Å². The number of rotatable bonds is 10. The van der Waals surface area contributed by atoms with Crippen molar-refractivity contribution >= 4 is 39.1 Å². The van der Waals surface area contributed by atoms with E-state index < -0.39 is 27.4 Å². The van der Waals surface area contributed by atoms with Crippen molar-refractivity contribution in [2.45, 2.75) is 12.7 Å². The number of carbonyl (C=O) groups excluding carboxylic acids is 1. The predicted octanol–water partition coefficient (Wildman–Crippen LogP) is 2.86. The number of nitro groups is 1. The maximum absolute atomic E-state index is 13.6. The lowest BCUT2D eigenvalue weighted by molar-refractivity contribution is -0.384. The second-order valence-electron chi connectivity index (χ2n) is 6.49. The number of aryl methyl sites for hydroxylation is 1. The molecule has 2 rings (SSSR count). The van der Waals surface area contributed by atoms with Gasteiger partial charge in [0.1, 0.15) is 12.4 Å². The predicted molar refractivity (Wildman–Crippen MR) is 116 cm³/mol. The van der Waals surface area contributed by atoms with E-state index in [1.165, 1.54) is 30.0 Å². The maximum atomic E-state index is 13.6. The number of hydrogen-bond acceptors (Lipinski definition) is 6. The molecule has 2 aromatic carbocycles. The summed E-state index contributed by atoms with van der Waals surface area (Å²) in [5.41, 5.74) is 0.863. The van der Waals surface area contributed by atoms with Gasteiger partial charge in [0.2, 0.25) is 15.9 Å². The normalized spacial score (nSPS) is 11.2. The molecule has 0 aliphatic carbocycles. The number of non-ortho nitro benzene ring substituents is 1. The van der Waals surface area contributed by atoms with Crippen LogP contribution in [0.3, 0.4) is 0 Å². The minimum Gasteiger partial charge on any atom is -0.354 e. The largest absolute Gasteiger partial charge is 0.354 e. The van der Waals surface area contributed by atoms with Crippen LogP contribution in [0.2, 0.25) is 0 Å². The van der Waals surface area contributed by atoms with Gasteiger partial charge in [-0.1, -0.05) is 24.3 Å². The molecule has 0 heterocycles. The molecule has 0 fully saturated rings. The molecule has 1 N–H and O–H groups in total. The highest BCUT2D eigenvalue weighted by Gasteiger charge is 2.24. The Hall–Kier alpha value is -2.66. The fourth-order valence-corrected chi connectivity index (χ4v) is 4.36. The summed E-state index contributed by atoms with van der Waals surface area (Å²) in [7, 11) is -3.85. The Morgan fingerprint density at radius 1 is 1.27 bits per heavy atom. The summed E-state index contributed by atoms with van der Waals surface area (Å²) < 4.78 is 38.8. The molecular formula is C19H22FN3O5S2. The molecule has 162 valence electrons. The Morgan fingerprint density at radius 3 is 2.60 bits per heavy atom. The van der Waals surface area contributed by atoms with Gasteiger partial charge in [0, 0.05) is 30.2 Å². The zero-order chi connectivity index (χ0) is 22.3. The van der Waals surface area contributed by atoms with E-state index in [0.29, 0.717) is 22.6 Å². The van der Waals surface area contributed by atoms with Crippen LogP contribution < -0.4 is 9.62 Å². The molecule has 0 aliphatic heterocycles. The molecule has 1 amide bonds. The van der Waals surface area contributed by atoms with Crippen molar-refractivity contribution in [2.75, 3.05) is 29.4 Å². The van der Waals surface area contributed by atoms with Gasteiger partial charge in [0.15, 0.2) is 0 Å². The molecule has 30 heavy (non-hydrogen) atoms. The lowest BCUT2D eigenvalue weighted by Gasteiger charge is -2.23. The number of nitro benzene ring substituents is 1. The average molecular weight is 456 g/mol. The molecule has 0 atom stereocenters. The van der Waals surface area contributed by atoms with Crippen LogP contribution in [0.1, 0.15) is 11.1 Å². The van der Waals surface area contributed by atoms with Crippen LogP contribution in [0.25, 0.3) is 0 Å². The van der Waals surface area contributed by atoms with Gasteiger partial charge in [-0.3, -0.25) is 19.2 Å². The van der Waals surface area contributed by atoms with E-state index in [-0.39, 0.29) is 23.7 Å². The number of benzene rings is 2. The van der Waals surface area contributed by atoms with Gasteiger partial charge in [0.05, 0.1) is 16.9 Å². The van der Waals surface area contributed by atoms with E-state index in [2.05, 4.69) is 5.32 Å². The minimum atomic E-state index is -3.85. The molecule has 11 heteroatoms.